The van der Waals surface area contributed by atoms with Gasteiger partial charge in [-0.1, -0.05) is 30.4 Å². The van der Waals surface area contributed by atoms with E-state index in [1.165, 1.54) is 21.4 Å². The van der Waals surface area contributed by atoms with Crippen LogP contribution in [0.15, 0.2) is 60.7 Å². The van der Waals surface area contributed by atoms with Gasteiger partial charge in [0, 0.05) is 11.4 Å². The summed E-state index contributed by atoms with van der Waals surface area (Å²) in [6, 6.07) is 8.08. The summed E-state index contributed by atoms with van der Waals surface area (Å²) in [6.07, 6.45) is 10.8. The summed E-state index contributed by atoms with van der Waals surface area (Å²) in [6.45, 7) is 3.86. The number of rotatable bonds is 6. The molecule has 0 N–H and O–H groups in total. The van der Waals surface area contributed by atoms with Crippen molar-refractivity contribution in [3.05, 3.63) is 77.7 Å². The molecule has 0 spiro atoms. The zero-order chi connectivity index (χ0) is 21.0. The minimum absolute atomic E-state index is 0.0437. The minimum Gasteiger partial charge on any atom is -0.462 e. The summed E-state index contributed by atoms with van der Waals surface area (Å²) in [5.74, 6) is -3.70. The number of alkyl halides is 2. The Hall–Kier alpha value is -2.72. The molecule has 0 bridgehead atoms. The highest BCUT2D eigenvalue weighted by Crippen LogP contribution is 2.31. The van der Waals surface area contributed by atoms with Crippen LogP contribution in [0.1, 0.15) is 35.1 Å². The smallest absolute Gasteiger partial charge is 0.408 e. The van der Waals surface area contributed by atoms with Gasteiger partial charge in [-0.15, -0.1) is 0 Å². The van der Waals surface area contributed by atoms with E-state index in [0.29, 0.717) is 11.3 Å². The van der Waals surface area contributed by atoms with Crippen LogP contribution in [-0.4, -0.2) is 23.0 Å². The molecule has 1 atom stereocenters. The molecule has 0 amide bonds. The molecule has 1 heterocycles. The Kier molecular flexibility index (Phi) is 6.33. The monoisotopic (exact) mass is 417 g/mol. The molecular weight excluding hydrogens is 395 g/mol. The fraction of sp³-hybridized carbons (Fsp3) is 0.227. The first-order valence-corrected chi connectivity index (χ1v) is 9.77. The van der Waals surface area contributed by atoms with Crippen molar-refractivity contribution >= 4 is 20.8 Å². The third-order valence-corrected chi connectivity index (χ3v) is 4.49. The fourth-order valence-corrected chi connectivity index (χ4v) is 3.27. The molecule has 0 aliphatic heterocycles. The lowest BCUT2D eigenvalue weighted by molar-refractivity contribution is -0.0892. The number of esters is 1. The van der Waals surface area contributed by atoms with E-state index >= 15 is 0 Å². The number of hydrogen-bond acceptors (Lipinski definition) is 3. The van der Waals surface area contributed by atoms with Gasteiger partial charge in [-0.3, -0.25) is 0 Å². The predicted octanol–water partition coefficient (Wildman–Crippen LogP) is 5.67. The number of allylic oxidation sites excluding steroid dienone is 6. The number of benzene rings is 1. The maximum Gasteiger partial charge on any atom is 0.408 e. The van der Waals surface area contributed by atoms with Crippen LogP contribution in [0, 0.1) is 6.92 Å². The lowest BCUT2D eigenvalue weighted by Gasteiger charge is -2.15. The zero-order valence-electron chi connectivity index (χ0n) is 16.2. The van der Waals surface area contributed by atoms with Crippen LogP contribution in [0.2, 0.25) is 0 Å². The molecule has 3 rings (SSSR count). The number of nitrogens with zero attached hydrogens (tertiary/aromatic N) is 1. The summed E-state index contributed by atoms with van der Waals surface area (Å²) in [7, 11) is 1.35. The molecule has 1 aliphatic carbocycles. The molecule has 0 fully saturated rings. The maximum atomic E-state index is 13.1. The quantitative estimate of drug-likeness (QED) is 0.449. The Balaban J connectivity index is 2.10. The van der Waals surface area contributed by atoms with Crippen molar-refractivity contribution in [2.75, 3.05) is 6.61 Å². The lowest BCUT2D eigenvalue weighted by atomic mass is 10.1. The van der Waals surface area contributed by atoms with Gasteiger partial charge in [0.2, 0.25) is 0 Å². The Morgan fingerprint density at radius 3 is 2.62 bits per heavy atom. The van der Waals surface area contributed by atoms with Gasteiger partial charge in [-0.05, 0) is 65.4 Å². The van der Waals surface area contributed by atoms with Crippen molar-refractivity contribution in [2.45, 2.75) is 26.1 Å². The Labute approximate surface area is 170 Å². The van der Waals surface area contributed by atoms with E-state index in [4.69, 9.17) is 4.74 Å². The SMILES string of the molecule is CCOC(=O)c1cc(C2=CC=CCC=C2)n(-c2ccc(OC(F)(F)P)cc2)c1C. The van der Waals surface area contributed by atoms with Crippen LogP contribution in [0.3, 0.4) is 0 Å². The van der Waals surface area contributed by atoms with Gasteiger partial charge in [0.1, 0.15) is 5.75 Å². The number of hydrogen-bond donors (Lipinski definition) is 0. The van der Waals surface area contributed by atoms with Crippen molar-refractivity contribution in [3.63, 3.8) is 0 Å². The summed E-state index contributed by atoms with van der Waals surface area (Å²) in [5.41, 5.74) is 3.61. The molecule has 29 heavy (non-hydrogen) atoms. The molecule has 1 aromatic heterocycles. The first-order valence-electron chi connectivity index (χ1n) is 9.19. The van der Waals surface area contributed by atoms with E-state index in [1.807, 2.05) is 41.9 Å². The second-order valence-electron chi connectivity index (χ2n) is 6.43. The summed E-state index contributed by atoms with van der Waals surface area (Å²) < 4.78 is 37.8. The van der Waals surface area contributed by atoms with Crippen molar-refractivity contribution in [2.24, 2.45) is 0 Å². The van der Waals surface area contributed by atoms with E-state index < -0.39 is 11.8 Å². The largest absolute Gasteiger partial charge is 0.462 e. The van der Waals surface area contributed by atoms with Gasteiger partial charge < -0.3 is 14.0 Å². The molecule has 0 saturated carbocycles. The van der Waals surface area contributed by atoms with E-state index in [0.717, 1.165) is 23.4 Å². The van der Waals surface area contributed by atoms with E-state index in [2.05, 4.69) is 4.74 Å². The number of carbonyl (C=O) groups is 1. The van der Waals surface area contributed by atoms with Gasteiger partial charge in [0.15, 0.2) is 0 Å². The van der Waals surface area contributed by atoms with Gasteiger partial charge in [-0.25, -0.2) is 4.79 Å². The zero-order valence-corrected chi connectivity index (χ0v) is 17.3. The third kappa shape index (κ3) is 5.01. The average Bonchev–Trinajstić information content (AvgIpc) is 2.83. The summed E-state index contributed by atoms with van der Waals surface area (Å²) >= 11 is 0. The van der Waals surface area contributed by atoms with Crippen molar-refractivity contribution < 1.29 is 23.0 Å². The molecule has 0 saturated heterocycles. The number of carbonyl (C=O) groups excluding carboxylic acids is 1. The van der Waals surface area contributed by atoms with Crippen LogP contribution in [0.25, 0.3) is 11.3 Å². The standard InChI is InChI=1S/C22H22F2NO3P/c1-3-27-21(26)19-14-20(16-8-6-4-5-7-9-16)25(15(19)2)17-10-12-18(13-11-17)28-22(23,24)29/h4,6-14H,3,5,29H2,1-2H3. The van der Waals surface area contributed by atoms with Gasteiger partial charge in [0.05, 0.1) is 17.9 Å². The average molecular weight is 417 g/mol. The highest BCUT2D eigenvalue weighted by molar-refractivity contribution is 7.17. The molecule has 1 aromatic carbocycles. The van der Waals surface area contributed by atoms with Crippen LogP contribution in [0.5, 0.6) is 5.75 Å². The second-order valence-corrected chi connectivity index (χ2v) is 7.10. The summed E-state index contributed by atoms with van der Waals surface area (Å²) in [5, 5.41) is 0. The minimum atomic E-state index is -3.34. The molecule has 152 valence electrons. The second kappa shape index (κ2) is 8.75. The highest BCUT2D eigenvalue weighted by Gasteiger charge is 2.24. The van der Waals surface area contributed by atoms with Crippen molar-refractivity contribution in [3.8, 4) is 11.4 Å². The van der Waals surface area contributed by atoms with Crippen molar-refractivity contribution in [1.29, 1.82) is 0 Å². The molecule has 2 aromatic rings. The van der Waals surface area contributed by atoms with Crippen LogP contribution >= 0.6 is 9.24 Å². The van der Waals surface area contributed by atoms with Crippen molar-refractivity contribution in [1.82, 2.24) is 4.57 Å². The fourth-order valence-electron chi connectivity index (χ4n) is 3.14. The van der Waals surface area contributed by atoms with Crippen LogP contribution in [0.4, 0.5) is 8.78 Å². The van der Waals surface area contributed by atoms with Gasteiger partial charge in [0.25, 0.3) is 0 Å². The van der Waals surface area contributed by atoms with E-state index in [1.54, 1.807) is 25.1 Å². The summed E-state index contributed by atoms with van der Waals surface area (Å²) in [4.78, 5) is 12.4. The van der Waals surface area contributed by atoms with Crippen LogP contribution < -0.4 is 4.74 Å². The Bertz CT molecular complexity index is 983. The Morgan fingerprint density at radius 2 is 1.97 bits per heavy atom. The molecular formula is C22H22F2NO3P. The third-order valence-electron chi connectivity index (χ3n) is 4.37. The van der Waals surface area contributed by atoms with Gasteiger partial charge in [-0.2, -0.15) is 8.78 Å². The lowest BCUT2D eigenvalue weighted by Crippen LogP contribution is -2.14. The molecule has 0 radical (unpaired) electrons. The molecule has 7 heteroatoms. The Morgan fingerprint density at radius 1 is 1.24 bits per heavy atom. The highest BCUT2D eigenvalue weighted by atomic mass is 31.0. The number of halogens is 2. The topological polar surface area (TPSA) is 40.5 Å². The molecule has 4 nitrogen and oxygen atoms in total. The first kappa shape index (κ1) is 21.0. The maximum absolute atomic E-state index is 13.1. The first-order chi connectivity index (χ1) is 13.8. The predicted molar refractivity (Wildman–Crippen MR) is 113 cm³/mol. The number of ether oxygens (including phenoxy) is 2. The van der Waals surface area contributed by atoms with E-state index in [-0.39, 0.29) is 12.4 Å². The van der Waals surface area contributed by atoms with Gasteiger partial charge >= 0.3 is 11.8 Å². The normalized spacial score (nSPS) is 13.8. The molecule has 1 aliphatic rings. The molecule has 1 unspecified atom stereocenters. The van der Waals surface area contributed by atoms with Crippen LogP contribution in [-0.2, 0) is 4.74 Å². The number of aromatic nitrogens is 1. The van der Waals surface area contributed by atoms with E-state index in [9.17, 15) is 13.6 Å².